The van der Waals surface area contributed by atoms with Gasteiger partial charge in [-0.25, -0.2) is 0 Å². The van der Waals surface area contributed by atoms with Crippen molar-refractivity contribution in [3.8, 4) is 0 Å². The predicted molar refractivity (Wildman–Crippen MR) is 81.1 cm³/mol. The van der Waals surface area contributed by atoms with Crippen LogP contribution in [0.5, 0.6) is 0 Å². The summed E-state index contributed by atoms with van der Waals surface area (Å²) in [5.74, 6) is 0. The van der Waals surface area contributed by atoms with Gasteiger partial charge in [0.1, 0.15) is 0 Å². The molecule has 0 aliphatic carbocycles. The third-order valence-electron chi connectivity index (χ3n) is 3.75. The maximum absolute atomic E-state index is 6.44. The summed E-state index contributed by atoms with van der Waals surface area (Å²) in [5, 5.41) is 0.303. The third kappa shape index (κ3) is 6.86. The fraction of sp³-hybridized carbons (Fsp3) is 0.857. The Balaban J connectivity index is 4.43. The van der Waals surface area contributed by atoms with Crippen LogP contribution in [0.25, 0.3) is 0 Å². The monoisotopic (exact) mass is 248 g/mol. The Bertz CT molecular complexity index is 231. The molecule has 0 aromatic carbocycles. The minimum absolute atomic E-state index is 0.303. The van der Waals surface area contributed by atoms with E-state index in [9.17, 15) is 0 Å². The van der Waals surface area contributed by atoms with E-state index in [1.165, 1.54) is 25.7 Å². The molecule has 0 radical (unpaired) electrons. The molecule has 3 heteroatoms. The van der Waals surface area contributed by atoms with E-state index in [0.29, 0.717) is 11.1 Å². The molecule has 0 fully saturated rings. The van der Waals surface area contributed by atoms with Crippen LogP contribution in [-0.2, 0) is 4.43 Å². The van der Waals surface area contributed by atoms with Crippen LogP contribution in [0.4, 0.5) is 0 Å². The van der Waals surface area contributed by atoms with Gasteiger partial charge in [-0.15, -0.1) is 0 Å². The molecule has 0 aromatic heterocycles. The van der Waals surface area contributed by atoms with E-state index in [-0.39, 0.29) is 0 Å². The van der Waals surface area contributed by atoms with Crippen LogP contribution in [-0.4, -0.2) is 32.1 Å². The molecule has 0 saturated heterocycles. The molecule has 1 nitrogen and oxygen atoms in total. The van der Waals surface area contributed by atoms with Crippen molar-refractivity contribution in [3.63, 3.8) is 0 Å². The Hall–Kier alpha value is 0.514. The molecule has 17 heavy (non-hydrogen) atoms. The Morgan fingerprint density at radius 3 is 2.24 bits per heavy atom. The van der Waals surface area contributed by atoms with Crippen molar-refractivity contribution in [2.75, 3.05) is 0 Å². The molecule has 0 bridgehead atoms. The van der Waals surface area contributed by atoms with E-state index in [4.69, 9.17) is 4.43 Å². The summed E-state index contributed by atoms with van der Waals surface area (Å²) in [6.07, 6.45) is 7.60. The van der Waals surface area contributed by atoms with Gasteiger partial charge < -0.3 is 0 Å². The Labute approximate surface area is 119 Å². The van der Waals surface area contributed by atoms with Crippen LogP contribution in [0.1, 0.15) is 53.4 Å². The molecular weight excluding hydrogens is 219 g/mol. The zero-order chi connectivity index (χ0) is 13.5. The van der Waals surface area contributed by atoms with Crippen LogP contribution in [0.2, 0.25) is 18.1 Å². The average molecular weight is 248 g/mol. The van der Waals surface area contributed by atoms with Crippen LogP contribution in [0, 0.1) is 0 Å². The van der Waals surface area contributed by atoms with E-state index < -0.39 is 8.32 Å². The van der Waals surface area contributed by atoms with Gasteiger partial charge in [-0.2, -0.15) is 0 Å². The second-order valence-electron chi connectivity index (χ2n) is 6.44. The average Bonchev–Trinajstić information content (AvgIpc) is 2.16. The number of hydrogen-bond acceptors (Lipinski definition) is 1. The van der Waals surface area contributed by atoms with Crippen molar-refractivity contribution in [2.45, 2.75) is 77.6 Å². The Morgan fingerprint density at radius 1 is 1.24 bits per heavy atom. The van der Waals surface area contributed by atoms with Crippen LogP contribution < -0.4 is 0 Å². The van der Waals surface area contributed by atoms with E-state index in [2.05, 4.69) is 69.3 Å². The number of unbranched alkanes of at least 4 members (excludes halogenated alkanes) is 2. The SMILES string of the molecule is [Li]/[CH]=C/C(CCCCC)O[Si](C)(C)C(C)(C)C. The van der Waals surface area contributed by atoms with E-state index >= 15 is 0 Å². The first-order chi connectivity index (χ1) is 7.74. The van der Waals surface area contributed by atoms with Gasteiger partial charge in [0.15, 0.2) is 0 Å². The van der Waals surface area contributed by atoms with Crippen LogP contribution >= 0.6 is 0 Å². The predicted octanol–water partition coefficient (Wildman–Crippen LogP) is 4.64. The van der Waals surface area contributed by atoms with Gasteiger partial charge >= 0.3 is 119 Å². The fourth-order valence-corrected chi connectivity index (χ4v) is 2.87. The van der Waals surface area contributed by atoms with Gasteiger partial charge in [0.2, 0.25) is 0 Å². The third-order valence-corrected chi connectivity index (χ3v) is 8.26. The van der Waals surface area contributed by atoms with Crippen LogP contribution in [0.15, 0.2) is 10.8 Å². The Kier molecular flexibility index (Phi) is 8.08. The quantitative estimate of drug-likeness (QED) is 0.471. The molecule has 0 heterocycles. The van der Waals surface area contributed by atoms with Crippen LogP contribution in [0.3, 0.4) is 0 Å². The van der Waals surface area contributed by atoms with Gasteiger partial charge in [0, 0.05) is 0 Å². The molecule has 0 rings (SSSR count). The number of rotatable bonds is 7. The molecule has 1 atom stereocenters. The van der Waals surface area contributed by atoms with Crippen molar-refractivity contribution in [1.82, 2.24) is 0 Å². The summed E-state index contributed by atoms with van der Waals surface area (Å²) < 4.78 is 8.57. The Morgan fingerprint density at radius 2 is 1.82 bits per heavy atom. The topological polar surface area (TPSA) is 9.23 Å². The molecule has 0 aromatic rings. The summed E-state index contributed by atoms with van der Waals surface area (Å²) in [6, 6.07) is 0. The first-order valence-electron chi connectivity index (χ1n) is 7.05. The van der Waals surface area contributed by atoms with E-state index in [1.807, 2.05) is 0 Å². The minimum atomic E-state index is -1.62. The summed E-state index contributed by atoms with van der Waals surface area (Å²) in [5.41, 5.74) is 0. The first kappa shape index (κ1) is 17.5. The molecule has 0 amide bonds. The summed E-state index contributed by atoms with van der Waals surface area (Å²) in [6.45, 7) is 13.8. The molecule has 0 N–H and O–H groups in total. The summed E-state index contributed by atoms with van der Waals surface area (Å²) in [7, 11) is -1.62. The van der Waals surface area contributed by atoms with Gasteiger partial charge in [0.05, 0.1) is 0 Å². The molecule has 96 valence electrons. The molecule has 0 saturated carbocycles. The summed E-state index contributed by atoms with van der Waals surface area (Å²) >= 11 is 2.09. The number of hydrogen-bond donors (Lipinski definition) is 0. The molecule has 0 aliphatic rings. The van der Waals surface area contributed by atoms with Crippen molar-refractivity contribution in [1.29, 1.82) is 0 Å². The molecule has 0 aliphatic heterocycles. The maximum atomic E-state index is 6.44. The zero-order valence-electron chi connectivity index (χ0n) is 13.0. The van der Waals surface area contributed by atoms with Crippen molar-refractivity contribution < 1.29 is 4.43 Å². The van der Waals surface area contributed by atoms with Gasteiger partial charge in [-0.3, -0.25) is 0 Å². The zero-order valence-corrected chi connectivity index (χ0v) is 14.0. The standard InChI is InChI=1S/C14H29OSi.Li/c1-8-10-11-12-13(9-2)15-16(6,7)14(3,4)5;/h2,9,13H,8,10-12H2,1,3-7H3;. The van der Waals surface area contributed by atoms with Crippen molar-refractivity contribution in [3.05, 3.63) is 10.8 Å². The summed E-state index contributed by atoms with van der Waals surface area (Å²) in [4.78, 5) is 0. The van der Waals surface area contributed by atoms with Gasteiger partial charge in [-0.05, 0) is 0 Å². The molecule has 1 unspecified atom stereocenters. The first-order valence-corrected chi connectivity index (χ1v) is 9.96. The van der Waals surface area contributed by atoms with Crippen molar-refractivity contribution in [2.24, 2.45) is 0 Å². The van der Waals surface area contributed by atoms with Crippen molar-refractivity contribution >= 4 is 26.0 Å². The normalized spacial score (nSPS) is 15.5. The van der Waals surface area contributed by atoms with E-state index in [0.717, 1.165) is 0 Å². The second kappa shape index (κ2) is 7.84. The fourth-order valence-electron chi connectivity index (χ4n) is 1.56. The van der Waals surface area contributed by atoms with Gasteiger partial charge in [0.25, 0.3) is 0 Å². The van der Waals surface area contributed by atoms with E-state index in [1.54, 1.807) is 0 Å². The molecule has 0 spiro atoms. The van der Waals surface area contributed by atoms with Gasteiger partial charge in [-0.1, -0.05) is 0 Å². The molecular formula is C14H29LiOSi. The second-order valence-corrected chi connectivity index (χ2v) is 11.2.